The van der Waals surface area contributed by atoms with Crippen LogP contribution in [-0.2, 0) is 17.3 Å². The van der Waals surface area contributed by atoms with Crippen molar-refractivity contribution in [1.82, 2.24) is 0 Å². The van der Waals surface area contributed by atoms with E-state index in [0.29, 0.717) is 5.92 Å². The molecule has 0 nitrogen and oxygen atoms in total. The van der Waals surface area contributed by atoms with Crippen LogP contribution in [0.3, 0.4) is 0 Å². The minimum atomic E-state index is -0.127. The molecular weight excluding hydrogens is 689 g/mol. The van der Waals surface area contributed by atoms with E-state index in [4.69, 9.17) is 0 Å². The van der Waals surface area contributed by atoms with E-state index in [2.05, 4.69) is 155 Å². The highest BCUT2D eigenvalue weighted by molar-refractivity contribution is 7.26. The van der Waals surface area contributed by atoms with E-state index >= 15 is 0 Å². The summed E-state index contributed by atoms with van der Waals surface area (Å²) in [5, 5.41) is 4.18. The predicted octanol–water partition coefficient (Wildman–Crippen LogP) is 15.3. The molecule has 2 heterocycles. The quantitative estimate of drug-likeness (QED) is 0.166. The van der Waals surface area contributed by atoms with Crippen LogP contribution in [0.25, 0.3) is 86.9 Å². The molecular formula is C52H40S2. The summed E-state index contributed by atoms with van der Waals surface area (Å²) in [6, 6.07) is 40.1. The van der Waals surface area contributed by atoms with Gasteiger partial charge in [-0.05, 0) is 145 Å². The molecule has 12 rings (SSSR count). The zero-order valence-corrected chi connectivity index (χ0v) is 32.8. The van der Waals surface area contributed by atoms with Gasteiger partial charge in [-0.25, -0.2) is 0 Å². The molecule has 0 saturated heterocycles. The van der Waals surface area contributed by atoms with Gasteiger partial charge in [-0.1, -0.05) is 119 Å². The average molecular weight is 729 g/mol. The maximum absolute atomic E-state index is 2.61. The molecule has 0 amide bonds. The Morgan fingerprint density at radius 1 is 0.556 bits per heavy atom. The molecule has 4 aliphatic rings. The van der Waals surface area contributed by atoms with E-state index in [9.17, 15) is 0 Å². The number of hydrogen-bond donors (Lipinski definition) is 0. The predicted molar refractivity (Wildman–Crippen MR) is 235 cm³/mol. The largest absolute Gasteiger partial charge is 0.140 e. The van der Waals surface area contributed by atoms with Gasteiger partial charge in [-0.3, -0.25) is 0 Å². The van der Waals surface area contributed by atoms with Crippen molar-refractivity contribution < 1.29 is 0 Å². The minimum Gasteiger partial charge on any atom is -0.140 e. The summed E-state index contributed by atoms with van der Waals surface area (Å²) in [5.74, 6) is 0.417. The van der Waals surface area contributed by atoms with Crippen LogP contribution in [0.2, 0.25) is 0 Å². The summed E-state index contributed by atoms with van der Waals surface area (Å²) in [7, 11) is 0. The van der Waals surface area contributed by atoms with Gasteiger partial charge in [-0.2, -0.15) is 0 Å². The number of fused-ring (bicyclic) bond motifs is 12. The fraction of sp³-hybridized carbons (Fsp3) is 0.192. The fourth-order valence-corrected chi connectivity index (χ4v) is 13.2. The van der Waals surface area contributed by atoms with Gasteiger partial charge >= 0.3 is 0 Å². The third-order valence-electron chi connectivity index (χ3n) is 13.6. The highest BCUT2D eigenvalue weighted by Gasteiger charge is 2.46. The first kappa shape index (κ1) is 31.3. The molecule has 2 heteroatoms. The van der Waals surface area contributed by atoms with Crippen molar-refractivity contribution in [2.75, 3.05) is 0 Å². The Kier molecular flexibility index (Phi) is 6.27. The maximum atomic E-state index is 2.61. The standard InChI is InChI=1S/C52H40S2/c1-51(2)39-17-9-16-37-47-34-25-23-30(32-15-11-21-46-50(32)36-13-6-8-19-44(36)54-46)27-41(34)52(3,4)42(47)28-38(48(37)39)33-24-22-29(26-40(33)51)31-14-10-20-45-49(31)35-12-5-7-18-43(35)53-45/h5-7,9-16,18,20-28,39H,8,17,19H2,1-4H3. The van der Waals surface area contributed by atoms with Crippen LogP contribution in [0.15, 0.2) is 115 Å². The number of thiophene rings is 2. The first-order valence-corrected chi connectivity index (χ1v) is 21.2. The van der Waals surface area contributed by atoms with Crippen molar-refractivity contribution in [2.24, 2.45) is 0 Å². The molecule has 8 aromatic rings. The van der Waals surface area contributed by atoms with Gasteiger partial charge in [0.1, 0.15) is 0 Å². The first-order valence-electron chi connectivity index (χ1n) is 19.6. The zero-order chi connectivity index (χ0) is 36.1. The van der Waals surface area contributed by atoms with E-state index in [1.54, 1.807) is 5.56 Å². The van der Waals surface area contributed by atoms with Crippen LogP contribution in [0, 0.1) is 0 Å². The Morgan fingerprint density at radius 3 is 2.09 bits per heavy atom. The number of aryl methyl sites for hydroxylation is 1. The average Bonchev–Trinajstić information content (AvgIpc) is 3.84. The Labute approximate surface area is 325 Å². The van der Waals surface area contributed by atoms with Gasteiger partial charge in [0.05, 0.1) is 0 Å². The van der Waals surface area contributed by atoms with E-state index < -0.39 is 0 Å². The molecule has 0 bridgehead atoms. The van der Waals surface area contributed by atoms with Crippen LogP contribution >= 0.6 is 22.7 Å². The lowest BCUT2D eigenvalue weighted by atomic mass is 9.59. The van der Waals surface area contributed by atoms with Crippen molar-refractivity contribution in [1.29, 1.82) is 0 Å². The minimum absolute atomic E-state index is 0.0235. The number of allylic oxidation sites excluding steroid dienone is 2. The second kappa shape index (κ2) is 10.8. The van der Waals surface area contributed by atoms with Gasteiger partial charge in [0.15, 0.2) is 0 Å². The summed E-state index contributed by atoms with van der Waals surface area (Å²) >= 11 is 3.89. The van der Waals surface area contributed by atoms with E-state index in [-0.39, 0.29) is 10.8 Å². The smallest absolute Gasteiger partial charge is 0.0361 e. The SMILES string of the molecule is CC1(C)c2cc(-c3cccc4sc5c(c34)C=CCC5)ccc2-c2c1cc1c3c2C=CCC3C(C)(C)c2cc(-c3cccc4sc5ccccc5c34)ccc2-1. The van der Waals surface area contributed by atoms with Gasteiger partial charge in [0.25, 0.3) is 0 Å². The molecule has 0 radical (unpaired) electrons. The Morgan fingerprint density at radius 2 is 1.26 bits per heavy atom. The zero-order valence-electron chi connectivity index (χ0n) is 31.1. The molecule has 260 valence electrons. The molecule has 4 aliphatic carbocycles. The van der Waals surface area contributed by atoms with Crippen LogP contribution in [0.4, 0.5) is 0 Å². The van der Waals surface area contributed by atoms with E-state index in [0.717, 1.165) is 19.3 Å². The molecule has 1 unspecified atom stereocenters. The van der Waals surface area contributed by atoms with Crippen molar-refractivity contribution in [2.45, 2.75) is 63.7 Å². The van der Waals surface area contributed by atoms with Crippen LogP contribution in [0.5, 0.6) is 0 Å². The molecule has 6 aromatic carbocycles. The van der Waals surface area contributed by atoms with Crippen LogP contribution in [-0.4, -0.2) is 0 Å². The number of rotatable bonds is 2. The molecule has 0 saturated carbocycles. The fourth-order valence-electron chi connectivity index (χ4n) is 10.9. The summed E-state index contributed by atoms with van der Waals surface area (Å²) in [4.78, 5) is 1.53. The van der Waals surface area contributed by atoms with Crippen molar-refractivity contribution in [3.8, 4) is 44.5 Å². The Hall–Kier alpha value is -5.02. The highest BCUT2D eigenvalue weighted by atomic mass is 32.1. The van der Waals surface area contributed by atoms with Crippen LogP contribution in [0.1, 0.15) is 84.7 Å². The molecule has 1 atom stereocenters. The topological polar surface area (TPSA) is 0 Å². The summed E-state index contributed by atoms with van der Waals surface area (Å²) in [5.41, 5.74) is 19.8. The lowest BCUT2D eigenvalue weighted by molar-refractivity contribution is 0.406. The summed E-state index contributed by atoms with van der Waals surface area (Å²) in [6.45, 7) is 9.93. The summed E-state index contributed by atoms with van der Waals surface area (Å²) < 4.78 is 4.13. The molecule has 0 N–H and O–H groups in total. The molecule has 0 aliphatic heterocycles. The first-order chi connectivity index (χ1) is 26.3. The van der Waals surface area contributed by atoms with Crippen molar-refractivity contribution in [3.05, 3.63) is 154 Å². The Balaban J connectivity index is 1.04. The lowest BCUT2D eigenvalue weighted by Crippen LogP contribution is -2.33. The third kappa shape index (κ3) is 4.03. The third-order valence-corrected chi connectivity index (χ3v) is 16.0. The van der Waals surface area contributed by atoms with Crippen LogP contribution < -0.4 is 0 Å². The molecule has 2 aromatic heterocycles. The van der Waals surface area contributed by atoms with Gasteiger partial charge in [0.2, 0.25) is 0 Å². The second-order valence-electron chi connectivity index (χ2n) is 17.1. The Bertz CT molecular complexity index is 3030. The van der Waals surface area contributed by atoms with E-state index in [1.165, 1.54) is 107 Å². The number of hydrogen-bond acceptors (Lipinski definition) is 2. The van der Waals surface area contributed by atoms with E-state index in [1.807, 2.05) is 22.7 Å². The van der Waals surface area contributed by atoms with Gasteiger partial charge < -0.3 is 0 Å². The van der Waals surface area contributed by atoms with Crippen molar-refractivity contribution in [3.63, 3.8) is 0 Å². The number of benzene rings is 6. The normalized spacial score (nSPS) is 18.1. The van der Waals surface area contributed by atoms with Gasteiger partial charge in [0, 0.05) is 40.6 Å². The van der Waals surface area contributed by atoms with Crippen molar-refractivity contribution >= 4 is 65.1 Å². The summed E-state index contributed by atoms with van der Waals surface area (Å²) in [6.07, 6.45) is 13.0. The molecule has 0 spiro atoms. The monoisotopic (exact) mass is 728 g/mol. The second-order valence-corrected chi connectivity index (χ2v) is 19.3. The van der Waals surface area contributed by atoms with Gasteiger partial charge in [-0.15, -0.1) is 22.7 Å². The lowest BCUT2D eigenvalue weighted by Gasteiger charge is -2.45. The molecule has 54 heavy (non-hydrogen) atoms. The maximum Gasteiger partial charge on any atom is 0.0361 e. The highest BCUT2D eigenvalue weighted by Crippen LogP contribution is 2.61. The molecule has 0 fully saturated rings.